The van der Waals surface area contributed by atoms with Crippen molar-refractivity contribution >= 4 is 33.3 Å². The second-order valence-corrected chi connectivity index (χ2v) is 7.42. The van der Waals surface area contributed by atoms with Gasteiger partial charge in [0.1, 0.15) is 11.3 Å². The molecule has 1 amide bonds. The van der Waals surface area contributed by atoms with Gasteiger partial charge in [0.15, 0.2) is 11.2 Å². The zero-order chi connectivity index (χ0) is 20.4. The van der Waals surface area contributed by atoms with Crippen LogP contribution in [-0.2, 0) is 4.79 Å². The van der Waals surface area contributed by atoms with Gasteiger partial charge in [0.25, 0.3) is 5.91 Å². The van der Waals surface area contributed by atoms with Gasteiger partial charge >= 0.3 is 5.63 Å². The Hall–Kier alpha value is -3.45. The van der Waals surface area contributed by atoms with Crippen molar-refractivity contribution in [3.8, 4) is 17.0 Å². The molecule has 2 heterocycles. The monoisotopic (exact) mass is 406 g/mol. The molecule has 6 nitrogen and oxygen atoms in total. The summed E-state index contributed by atoms with van der Waals surface area (Å²) >= 11 is 1.35. The number of nitrogens with one attached hydrogen (secondary N) is 1. The lowest BCUT2D eigenvalue weighted by Crippen LogP contribution is -2.30. The van der Waals surface area contributed by atoms with Crippen molar-refractivity contribution in [1.29, 1.82) is 0 Å². The van der Waals surface area contributed by atoms with Gasteiger partial charge in [-0.25, -0.2) is 9.78 Å². The maximum absolute atomic E-state index is 12.5. The third kappa shape index (κ3) is 4.20. The number of thiazole rings is 1. The Balaban J connectivity index is 1.45. The molecule has 7 heteroatoms. The molecule has 0 saturated heterocycles. The highest BCUT2D eigenvalue weighted by Crippen LogP contribution is 2.26. The number of ether oxygens (including phenoxy) is 1. The number of nitrogens with zero attached hydrogens (tertiary/aromatic N) is 1. The first-order valence-electron chi connectivity index (χ1n) is 9.02. The van der Waals surface area contributed by atoms with Gasteiger partial charge in [-0.3, -0.25) is 10.1 Å². The molecule has 0 aliphatic carbocycles. The number of aryl methyl sites for hydroxylation is 1. The maximum Gasteiger partial charge on any atom is 0.336 e. The normalized spacial score (nSPS) is 11.9. The van der Waals surface area contributed by atoms with Gasteiger partial charge in [0, 0.05) is 28.5 Å². The lowest BCUT2D eigenvalue weighted by molar-refractivity contribution is -0.122. The van der Waals surface area contributed by atoms with Crippen LogP contribution in [0.3, 0.4) is 0 Å². The summed E-state index contributed by atoms with van der Waals surface area (Å²) in [7, 11) is 0. The van der Waals surface area contributed by atoms with E-state index in [-0.39, 0.29) is 5.91 Å². The molecule has 4 aromatic rings. The Morgan fingerprint density at radius 1 is 1.17 bits per heavy atom. The van der Waals surface area contributed by atoms with Crippen LogP contribution in [0.25, 0.3) is 22.2 Å². The Labute approximate surface area is 170 Å². The number of fused-ring (bicyclic) bond motifs is 1. The van der Waals surface area contributed by atoms with Gasteiger partial charge in [-0.05, 0) is 31.5 Å². The number of amides is 1. The fourth-order valence-electron chi connectivity index (χ4n) is 2.92. The van der Waals surface area contributed by atoms with Crippen molar-refractivity contribution in [3.05, 3.63) is 76.0 Å². The summed E-state index contributed by atoms with van der Waals surface area (Å²) in [5, 5.41) is 6.00. The van der Waals surface area contributed by atoms with Gasteiger partial charge in [-0.15, -0.1) is 11.3 Å². The van der Waals surface area contributed by atoms with E-state index < -0.39 is 11.7 Å². The number of aromatic nitrogens is 1. The van der Waals surface area contributed by atoms with E-state index in [9.17, 15) is 9.59 Å². The minimum Gasteiger partial charge on any atom is -0.481 e. The van der Waals surface area contributed by atoms with Crippen LogP contribution >= 0.6 is 11.3 Å². The van der Waals surface area contributed by atoms with Crippen LogP contribution in [0.1, 0.15) is 12.5 Å². The summed E-state index contributed by atoms with van der Waals surface area (Å²) in [5.41, 5.74) is 2.62. The standard InChI is InChI=1S/C22H18N2O4S/c1-13-10-20(25)28-19-11-16(8-9-17(13)19)27-14(2)21(26)24-22-23-18(12-29-22)15-6-4-3-5-7-15/h3-12,14H,1-2H3,(H,23,24,26)/t14-/m0/s1. The smallest absolute Gasteiger partial charge is 0.336 e. The molecule has 2 aromatic heterocycles. The molecule has 0 bridgehead atoms. The number of rotatable bonds is 5. The molecule has 0 radical (unpaired) electrons. The molecule has 0 fully saturated rings. The van der Waals surface area contributed by atoms with Crippen LogP contribution in [0.2, 0.25) is 0 Å². The number of benzene rings is 2. The molecular weight excluding hydrogens is 388 g/mol. The predicted octanol–water partition coefficient (Wildman–Crippen LogP) is 4.63. The van der Waals surface area contributed by atoms with Gasteiger partial charge < -0.3 is 9.15 Å². The Bertz CT molecular complexity index is 1230. The minimum atomic E-state index is -0.756. The van der Waals surface area contributed by atoms with E-state index in [1.165, 1.54) is 17.4 Å². The van der Waals surface area contributed by atoms with Crippen molar-refractivity contribution in [3.63, 3.8) is 0 Å². The minimum absolute atomic E-state index is 0.315. The second-order valence-electron chi connectivity index (χ2n) is 6.56. The van der Waals surface area contributed by atoms with Crippen LogP contribution in [0.4, 0.5) is 5.13 Å². The van der Waals surface area contributed by atoms with E-state index >= 15 is 0 Å². The largest absolute Gasteiger partial charge is 0.481 e. The Morgan fingerprint density at radius 2 is 1.97 bits per heavy atom. The molecule has 1 N–H and O–H groups in total. The van der Waals surface area contributed by atoms with E-state index in [0.29, 0.717) is 16.5 Å². The van der Waals surface area contributed by atoms with Crippen molar-refractivity contribution in [2.75, 3.05) is 5.32 Å². The van der Waals surface area contributed by atoms with Gasteiger partial charge in [0.05, 0.1) is 5.69 Å². The molecule has 0 saturated carbocycles. The summed E-state index contributed by atoms with van der Waals surface area (Å²) < 4.78 is 11.0. The zero-order valence-electron chi connectivity index (χ0n) is 15.8. The molecule has 0 aliphatic heterocycles. The highest BCUT2D eigenvalue weighted by molar-refractivity contribution is 7.14. The number of carbonyl (C=O) groups is 1. The Kier molecular flexibility index (Phi) is 5.14. The molecule has 1 atom stereocenters. The predicted molar refractivity (Wildman–Crippen MR) is 113 cm³/mol. The van der Waals surface area contributed by atoms with Crippen molar-refractivity contribution in [2.45, 2.75) is 20.0 Å². The molecule has 4 rings (SSSR count). The number of hydrogen-bond acceptors (Lipinski definition) is 6. The van der Waals surface area contributed by atoms with E-state index in [2.05, 4.69) is 10.3 Å². The van der Waals surface area contributed by atoms with E-state index in [1.54, 1.807) is 25.1 Å². The van der Waals surface area contributed by atoms with Crippen LogP contribution < -0.4 is 15.7 Å². The number of anilines is 1. The average Bonchev–Trinajstić information content (AvgIpc) is 3.16. The van der Waals surface area contributed by atoms with Crippen LogP contribution in [0.5, 0.6) is 5.75 Å². The average molecular weight is 406 g/mol. The van der Waals surface area contributed by atoms with Crippen molar-refractivity contribution in [2.24, 2.45) is 0 Å². The highest BCUT2D eigenvalue weighted by Gasteiger charge is 2.17. The van der Waals surface area contributed by atoms with Crippen molar-refractivity contribution in [1.82, 2.24) is 4.98 Å². The first-order valence-corrected chi connectivity index (χ1v) is 9.90. The van der Waals surface area contributed by atoms with Gasteiger partial charge in [-0.2, -0.15) is 0 Å². The lowest BCUT2D eigenvalue weighted by Gasteiger charge is -2.14. The molecule has 0 spiro atoms. The summed E-state index contributed by atoms with van der Waals surface area (Å²) in [4.78, 5) is 28.5. The zero-order valence-corrected chi connectivity index (χ0v) is 16.7. The quantitative estimate of drug-likeness (QED) is 0.489. The SMILES string of the molecule is Cc1cc(=O)oc2cc(O[C@@H](C)C(=O)Nc3nc(-c4ccccc4)cs3)ccc12. The van der Waals surface area contributed by atoms with Crippen LogP contribution in [0.15, 0.2) is 69.2 Å². The topological polar surface area (TPSA) is 81.4 Å². The molecule has 0 unspecified atom stereocenters. The number of hydrogen-bond donors (Lipinski definition) is 1. The summed E-state index contributed by atoms with van der Waals surface area (Å²) in [5.74, 6) is 0.128. The summed E-state index contributed by atoms with van der Waals surface area (Å²) in [6.07, 6.45) is -0.756. The molecule has 29 heavy (non-hydrogen) atoms. The van der Waals surface area contributed by atoms with Crippen LogP contribution in [-0.4, -0.2) is 17.0 Å². The first kappa shape index (κ1) is 18.9. The maximum atomic E-state index is 12.5. The summed E-state index contributed by atoms with van der Waals surface area (Å²) in [6.45, 7) is 3.49. The Morgan fingerprint density at radius 3 is 2.76 bits per heavy atom. The number of carbonyl (C=O) groups excluding carboxylic acids is 1. The van der Waals surface area contributed by atoms with Gasteiger partial charge in [0.2, 0.25) is 0 Å². The molecule has 0 aliphatic rings. The third-order valence-electron chi connectivity index (χ3n) is 4.41. The van der Waals surface area contributed by atoms with E-state index in [4.69, 9.17) is 9.15 Å². The van der Waals surface area contributed by atoms with Crippen LogP contribution in [0, 0.1) is 6.92 Å². The summed E-state index contributed by atoms with van der Waals surface area (Å²) in [6, 6.07) is 16.4. The van der Waals surface area contributed by atoms with Gasteiger partial charge in [-0.1, -0.05) is 30.3 Å². The molecular formula is C22H18N2O4S. The van der Waals surface area contributed by atoms with Crippen molar-refractivity contribution < 1.29 is 13.9 Å². The highest BCUT2D eigenvalue weighted by atomic mass is 32.1. The third-order valence-corrected chi connectivity index (χ3v) is 5.17. The second kappa shape index (κ2) is 7.89. The van der Waals surface area contributed by atoms with E-state index in [1.807, 2.05) is 42.6 Å². The molecule has 2 aromatic carbocycles. The lowest BCUT2D eigenvalue weighted by atomic mass is 10.1. The molecule has 146 valence electrons. The van der Waals surface area contributed by atoms with E-state index in [0.717, 1.165) is 22.2 Å². The fourth-order valence-corrected chi connectivity index (χ4v) is 3.64. The fraction of sp³-hybridized carbons (Fsp3) is 0.136. The first-order chi connectivity index (χ1) is 14.0.